The zero-order valence-corrected chi connectivity index (χ0v) is 12.9. The second-order valence-electron chi connectivity index (χ2n) is 6.06. The van der Waals surface area contributed by atoms with Gasteiger partial charge < -0.3 is 5.73 Å². The fraction of sp³-hybridized carbons (Fsp3) is 0.923. The van der Waals surface area contributed by atoms with Gasteiger partial charge in [-0.1, -0.05) is 13.3 Å². The topological polar surface area (TPSA) is 92.5 Å². The van der Waals surface area contributed by atoms with Gasteiger partial charge in [0.25, 0.3) is 0 Å². The molecular weight excluding hydrogens is 278 g/mol. The number of nitrogens with two attached hydrogens (primary N) is 1. The third-order valence-corrected chi connectivity index (χ3v) is 5.63. The molecule has 6 nitrogen and oxygen atoms in total. The van der Waals surface area contributed by atoms with Gasteiger partial charge in [-0.25, -0.2) is 13.1 Å². The molecule has 1 heterocycles. The molecule has 3 N–H and O–H groups in total. The molecule has 1 aliphatic heterocycles. The zero-order valence-electron chi connectivity index (χ0n) is 12.0. The number of amides is 1. The molecule has 0 aromatic carbocycles. The molecule has 1 amide bonds. The number of likely N-dealkylation sites (tertiary alicyclic amines) is 1. The predicted molar refractivity (Wildman–Crippen MR) is 77.5 cm³/mol. The van der Waals surface area contributed by atoms with E-state index in [4.69, 9.17) is 5.73 Å². The highest BCUT2D eigenvalue weighted by Gasteiger charge is 2.43. The molecule has 0 radical (unpaired) electrons. The molecule has 20 heavy (non-hydrogen) atoms. The number of hydrogen-bond acceptors (Lipinski definition) is 4. The molecule has 0 spiro atoms. The third-order valence-electron chi connectivity index (χ3n) is 4.15. The Hall–Kier alpha value is -0.660. The lowest BCUT2D eigenvalue weighted by atomic mass is 9.99. The lowest BCUT2D eigenvalue weighted by Gasteiger charge is -2.19. The van der Waals surface area contributed by atoms with Crippen molar-refractivity contribution in [1.82, 2.24) is 9.62 Å². The van der Waals surface area contributed by atoms with E-state index < -0.39 is 10.0 Å². The zero-order chi connectivity index (χ0) is 14.8. The van der Waals surface area contributed by atoms with Crippen molar-refractivity contribution in [3.8, 4) is 0 Å². The number of nitrogens with zero attached hydrogens (tertiary/aromatic N) is 1. The minimum absolute atomic E-state index is 0.0660. The maximum absolute atomic E-state index is 12.0. The molecular formula is C13H25N3O3S. The Morgan fingerprint density at radius 1 is 1.35 bits per heavy atom. The first kappa shape index (κ1) is 15.7. The smallest absolute Gasteiger partial charge is 0.231 e. The summed E-state index contributed by atoms with van der Waals surface area (Å²) in [5, 5.41) is 0. The summed E-state index contributed by atoms with van der Waals surface area (Å²) in [5.41, 5.74) is 5.23. The van der Waals surface area contributed by atoms with Gasteiger partial charge in [0.15, 0.2) is 0 Å². The van der Waals surface area contributed by atoms with Crippen LogP contribution in [-0.2, 0) is 14.8 Å². The van der Waals surface area contributed by atoms with Crippen LogP contribution in [0, 0.1) is 11.8 Å². The minimum Gasteiger partial charge on any atom is -0.369 e. The van der Waals surface area contributed by atoms with E-state index in [0.29, 0.717) is 24.8 Å². The van der Waals surface area contributed by atoms with Crippen molar-refractivity contribution in [1.29, 1.82) is 0 Å². The van der Waals surface area contributed by atoms with Crippen molar-refractivity contribution in [3.05, 3.63) is 0 Å². The highest BCUT2D eigenvalue weighted by atomic mass is 32.2. The molecule has 7 heteroatoms. The summed E-state index contributed by atoms with van der Waals surface area (Å²) in [5.74, 6) is 0.763. The number of rotatable bonds is 8. The van der Waals surface area contributed by atoms with Gasteiger partial charge in [0.1, 0.15) is 0 Å². The quantitative estimate of drug-likeness (QED) is 0.655. The van der Waals surface area contributed by atoms with Crippen molar-refractivity contribution in [2.45, 2.75) is 38.6 Å². The normalized spacial score (nSPS) is 27.9. The van der Waals surface area contributed by atoms with E-state index in [9.17, 15) is 13.2 Å². The lowest BCUT2D eigenvalue weighted by molar-refractivity contribution is -0.118. The van der Waals surface area contributed by atoms with Crippen molar-refractivity contribution in [2.75, 3.05) is 25.4 Å². The van der Waals surface area contributed by atoms with E-state index in [1.165, 1.54) is 12.8 Å². The van der Waals surface area contributed by atoms with E-state index in [2.05, 4.69) is 4.72 Å². The minimum atomic E-state index is -3.21. The molecule has 2 rings (SSSR count). The molecule has 1 saturated carbocycles. The summed E-state index contributed by atoms with van der Waals surface area (Å²) in [6, 6.07) is -0.0660. The molecule has 2 fully saturated rings. The predicted octanol–water partition coefficient (Wildman–Crippen LogP) is -0.0984. The summed E-state index contributed by atoms with van der Waals surface area (Å²) in [6.07, 6.45) is 3.89. The van der Waals surface area contributed by atoms with Crippen LogP contribution in [-0.4, -0.2) is 50.7 Å². The van der Waals surface area contributed by atoms with Crippen molar-refractivity contribution < 1.29 is 13.2 Å². The van der Waals surface area contributed by atoms with E-state index >= 15 is 0 Å². The Labute approximate surface area is 121 Å². The average Bonchev–Trinajstić information content (AvgIpc) is 3.10. The number of primary amides is 1. The van der Waals surface area contributed by atoms with Crippen molar-refractivity contribution in [3.63, 3.8) is 0 Å². The molecule has 0 unspecified atom stereocenters. The van der Waals surface area contributed by atoms with Gasteiger partial charge in [-0.2, -0.15) is 0 Å². The van der Waals surface area contributed by atoms with Crippen molar-refractivity contribution in [2.24, 2.45) is 17.6 Å². The highest BCUT2D eigenvalue weighted by molar-refractivity contribution is 7.89. The van der Waals surface area contributed by atoms with Gasteiger partial charge in [0.05, 0.1) is 12.3 Å². The summed E-state index contributed by atoms with van der Waals surface area (Å²) in [4.78, 5) is 13.0. The number of nitrogens with one attached hydrogen (secondary N) is 1. The van der Waals surface area contributed by atoms with Gasteiger partial charge in [0, 0.05) is 19.1 Å². The van der Waals surface area contributed by atoms with E-state index in [-0.39, 0.29) is 24.2 Å². The SMILES string of the molecule is CCCCS(=O)(=O)N[C@@H]1CN(CC(N)=O)C[C@H]1C1CC1. The molecule has 0 aromatic heterocycles. The Kier molecular flexibility index (Phi) is 5.04. The summed E-state index contributed by atoms with van der Waals surface area (Å²) < 4.78 is 26.9. The molecule has 2 aliphatic rings. The van der Waals surface area contributed by atoms with Gasteiger partial charge >= 0.3 is 0 Å². The molecule has 1 saturated heterocycles. The van der Waals surface area contributed by atoms with Crippen LogP contribution in [0.25, 0.3) is 0 Å². The van der Waals surface area contributed by atoms with E-state index in [1.807, 2.05) is 11.8 Å². The Morgan fingerprint density at radius 3 is 2.60 bits per heavy atom. The van der Waals surface area contributed by atoms with Crippen LogP contribution in [0.3, 0.4) is 0 Å². The molecule has 1 aliphatic carbocycles. The van der Waals surface area contributed by atoms with Gasteiger partial charge in [-0.15, -0.1) is 0 Å². The first-order chi connectivity index (χ1) is 9.41. The Balaban J connectivity index is 1.95. The summed E-state index contributed by atoms with van der Waals surface area (Å²) >= 11 is 0. The van der Waals surface area contributed by atoms with Gasteiger partial charge in [-0.05, 0) is 31.1 Å². The molecule has 2 atom stereocenters. The fourth-order valence-corrected chi connectivity index (χ4v) is 4.51. The van der Waals surface area contributed by atoms with Crippen LogP contribution in [0.15, 0.2) is 0 Å². The standard InChI is InChI=1S/C13H25N3O3S/c1-2-3-6-20(18,19)15-12-8-16(9-13(14)17)7-11(12)10-4-5-10/h10-12,15H,2-9H2,1H3,(H2,14,17)/t11-,12+/m0/s1. The third kappa shape index (κ3) is 4.43. The average molecular weight is 303 g/mol. The summed E-state index contributed by atoms with van der Waals surface area (Å²) in [6.45, 7) is 3.56. The van der Waals surface area contributed by atoms with Crippen LogP contribution in [0.5, 0.6) is 0 Å². The van der Waals surface area contributed by atoms with Crippen molar-refractivity contribution >= 4 is 15.9 Å². The first-order valence-electron chi connectivity index (χ1n) is 7.42. The molecule has 0 aromatic rings. The van der Waals surface area contributed by atoms with E-state index in [1.54, 1.807) is 0 Å². The van der Waals surface area contributed by atoms with Crippen LogP contribution in [0.1, 0.15) is 32.6 Å². The van der Waals surface area contributed by atoms with Gasteiger partial charge in [-0.3, -0.25) is 9.69 Å². The molecule has 116 valence electrons. The first-order valence-corrected chi connectivity index (χ1v) is 9.07. The maximum atomic E-state index is 12.0. The Bertz CT molecular complexity index is 448. The molecule has 0 bridgehead atoms. The van der Waals surface area contributed by atoms with Crippen LogP contribution in [0.2, 0.25) is 0 Å². The Morgan fingerprint density at radius 2 is 2.05 bits per heavy atom. The fourth-order valence-electron chi connectivity index (χ4n) is 3.01. The van der Waals surface area contributed by atoms with Crippen LogP contribution >= 0.6 is 0 Å². The number of carbonyl (C=O) groups excluding carboxylic acids is 1. The second-order valence-corrected chi connectivity index (χ2v) is 7.93. The van der Waals surface area contributed by atoms with E-state index in [0.717, 1.165) is 13.0 Å². The van der Waals surface area contributed by atoms with Crippen LogP contribution in [0.4, 0.5) is 0 Å². The van der Waals surface area contributed by atoms with Gasteiger partial charge in [0.2, 0.25) is 15.9 Å². The van der Waals surface area contributed by atoms with Crippen LogP contribution < -0.4 is 10.5 Å². The second kappa shape index (κ2) is 6.41. The lowest BCUT2D eigenvalue weighted by Crippen LogP contribution is -2.42. The summed E-state index contributed by atoms with van der Waals surface area (Å²) in [7, 11) is -3.21. The highest BCUT2D eigenvalue weighted by Crippen LogP contribution is 2.41. The number of sulfonamides is 1. The maximum Gasteiger partial charge on any atom is 0.231 e. The largest absolute Gasteiger partial charge is 0.369 e. The number of hydrogen-bond donors (Lipinski definition) is 2. The number of carbonyl (C=O) groups is 1. The monoisotopic (exact) mass is 303 g/mol. The number of unbranched alkanes of at least 4 members (excludes halogenated alkanes) is 1.